The Kier molecular flexibility index (Phi) is 5.28. The van der Waals surface area contributed by atoms with Gasteiger partial charge in [0.15, 0.2) is 0 Å². The number of carbonyl (C=O) groups is 1. The molecule has 2 unspecified atom stereocenters. The number of thiophene rings is 1. The molecule has 3 nitrogen and oxygen atoms in total. The summed E-state index contributed by atoms with van der Waals surface area (Å²) in [4.78, 5) is 14.4. The van der Waals surface area contributed by atoms with E-state index >= 15 is 0 Å². The maximum absolute atomic E-state index is 12.5. The van der Waals surface area contributed by atoms with E-state index in [4.69, 9.17) is 4.74 Å². The molecule has 2 atom stereocenters. The smallest absolute Gasteiger partial charge is 0.256 e. The fraction of sp³-hybridized carbons (Fsp3) is 0.545. The average molecular weight is 462 g/mol. The Labute approximate surface area is 135 Å². The van der Waals surface area contributed by atoms with Gasteiger partial charge >= 0.3 is 0 Å². The minimum Gasteiger partial charge on any atom is -0.373 e. The molecule has 2 heterocycles. The Hall–Kier alpha value is 0.570. The molecule has 7 heteroatoms. The van der Waals surface area contributed by atoms with E-state index < -0.39 is 0 Å². The summed E-state index contributed by atoms with van der Waals surface area (Å²) in [7, 11) is 0. The fourth-order valence-corrected chi connectivity index (χ4v) is 5.00. The Bertz CT molecular complexity index is 451. The molecule has 1 aromatic heterocycles. The molecular weight excluding hydrogens is 450 g/mol. The van der Waals surface area contributed by atoms with Crippen LogP contribution in [0.4, 0.5) is 0 Å². The van der Waals surface area contributed by atoms with E-state index in [1.807, 2.05) is 17.9 Å². The molecule has 0 aromatic carbocycles. The summed E-state index contributed by atoms with van der Waals surface area (Å²) < 4.78 is 7.46. The van der Waals surface area contributed by atoms with Gasteiger partial charge in [-0.2, -0.15) is 0 Å². The number of carbonyl (C=O) groups excluding carboxylic acids is 1. The van der Waals surface area contributed by atoms with E-state index in [9.17, 15) is 4.79 Å². The first kappa shape index (κ1) is 15.0. The molecule has 0 radical (unpaired) electrons. The van der Waals surface area contributed by atoms with E-state index in [1.54, 1.807) is 0 Å². The summed E-state index contributed by atoms with van der Waals surface area (Å²) in [5.41, 5.74) is 0.717. The van der Waals surface area contributed by atoms with Crippen LogP contribution in [-0.2, 0) is 4.74 Å². The molecule has 0 saturated carbocycles. The van der Waals surface area contributed by atoms with Gasteiger partial charge < -0.3 is 9.64 Å². The van der Waals surface area contributed by atoms with Crippen LogP contribution in [0.15, 0.2) is 13.6 Å². The largest absolute Gasteiger partial charge is 0.373 e. The summed E-state index contributed by atoms with van der Waals surface area (Å²) in [5, 5.41) is 0.748. The van der Waals surface area contributed by atoms with Crippen LogP contribution in [0.1, 0.15) is 17.3 Å². The third kappa shape index (κ3) is 3.17. The number of hydrogen-bond acceptors (Lipinski definition) is 3. The third-order valence-corrected chi connectivity index (χ3v) is 5.89. The van der Waals surface area contributed by atoms with Crippen molar-refractivity contribution in [3.05, 3.63) is 19.2 Å². The lowest BCUT2D eigenvalue weighted by Crippen LogP contribution is -2.51. The normalized spacial score (nSPS) is 24.3. The summed E-state index contributed by atoms with van der Waals surface area (Å²) in [5.74, 6) is 0.0607. The van der Waals surface area contributed by atoms with Crippen LogP contribution >= 0.6 is 59.1 Å². The van der Waals surface area contributed by atoms with Gasteiger partial charge in [-0.1, -0.05) is 15.9 Å². The Morgan fingerprint density at radius 1 is 1.61 bits per heavy atom. The standard InChI is InChI=1S/C11H12Br3NO2S/c1-6-5-17-7(3-12)4-15(6)11(16)8-2-9(13)18-10(8)14/h2,6-7H,3-5H2,1H3. The molecule has 2 rings (SSSR count). The highest BCUT2D eigenvalue weighted by Gasteiger charge is 2.31. The molecule has 1 aliphatic rings. The molecule has 100 valence electrons. The predicted molar refractivity (Wildman–Crippen MR) is 83.8 cm³/mol. The fourth-order valence-electron chi connectivity index (χ4n) is 1.83. The molecule has 0 bridgehead atoms. The van der Waals surface area contributed by atoms with E-state index in [1.165, 1.54) is 11.3 Å². The van der Waals surface area contributed by atoms with Crippen molar-refractivity contribution >= 4 is 65.0 Å². The first-order chi connectivity index (χ1) is 8.52. The van der Waals surface area contributed by atoms with Crippen LogP contribution < -0.4 is 0 Å². The SMILES string of the molecule is CC1COC(CBr)CN1C(=O)c1cc(Br)sc1Br. The topological polar surface area (TPSA) is 29.5 Å². The molecule has 0 N–H and O–H groups in total. The van der Waals surface area contributed by atoms with Crippen LogP contribution in [-0.4, -0.2) is 41.4 Å². The quantitative estimate of drug-likeness (QED) is 0.625. The molecule has 0 spiro atoms. The van der Waals surface area contributed by atoms with Crippen LogP contribution in [0.5, 0.6) is 0 Å². The number of hydrogen-bond donors (Lipinski definition) is 0. The van der Waals surface area contributed by atoms with Crippen LogP contribution in [0.3, 0.4) is 0 Å². The number of ether oxygens (including phenoxy) is 1. The molecule has 1 amide bonds. The van der Waals surface area contributed by atoms with Gasteiger partial charge in [0.05, 0.1) is 31.9 Å². The zero-order valence-electron chi connectivity index (χ0n) is 9.66. The van der Waals surface area contributed by atoms with Gasteiger partial charge in [-0.15, -0.1) is 11.3 Å². The Morgan fingerprint density at radius 2 is 2.33 bits per heavy atom. The summed E-state index contributed by atoms with van der Waals surface area (Å²) in [6.07, 6.45) is 0.0750. The van der Waals surface area contributed by atoms with Crippen molar-refractivity contribution in [3.63, 3.8) is 0 Å². The molecule has 1 saturated heterocycles. The van der Waals surface area contributed by atoms with Crippen molar-refractivity contribution in [1.82, 2.24) is 4.90 Å². The second kappa shape index (κ2) is 6.35. The third-order valence-electron chi connectivity index (χ3n) is 2.83. The van der Waals surface area contributed by atoms with Crippen molar-refractivity contribution in [2.45, 2.75) is 19.1 Å². The van der Waals surface area contributed by atoms with Gasteiger partial charge in [-0.25, -0.2) is 0 Å². The number of morpholine rings is 1. The van der Waals surface area contributed by atoms with Gasteiger partial charge in [-0.3, -0.25) is 4.79 Å². The molecule has 0 aliphatic carbocycles. The van der Waals surface area contributed by atoms with Crippen molar-refractivity contribution in [2.75, 3.05) is 18.5 Å². The Balaban J connectivity index is 2.19. The van der Waals surface area contributed by atoms with Gasteiger partial charge in [-0.05, 0) is 44.8 Å². The highest BCUT2D eigenvalue weighted by atomic mass is 79.9. The van der Waals surface area contributed by atoms with Crippen molar-refractivity contribution in [1.29, 1.82) is 0 Å². The zero-order valence-corrected chi connectivity index (χ0v) is 15.2. The average Bonchev–Trinajstić information content (AvgIpc) is 2.68. The second-order valence-electron chi connectivity index (χ2n) is 4.15. The second-order valence-corrected chi connectivity index (χ2v) is 8.55. The van der Waals surface area contributed by atoms with Crippen LogP contribution in [0.2, 0.25) is 0 Å². The lowest BCUT2D eigenvalue weighted by molar-refractivity contribution is -0.0361. The maximum atomic E-state index is 12.5. The highest BCUT2D eigenvalue weighted by Crippen LogP contribution is 2.33. The van der Waals surface area contributed by atoms with Crippen molar-refractivity contribution in [3.8, 4) is 0 Å². The van der Waals surface area contributed by atoms with Crippen molar-refractivity contribution in [2.24, 2.45) is 0 Å². The highest BCUT2D eigenvalue weighted by molar-refractivity contribution is 9.12. The summed E-state index contributed by atoms with van der Waals surface area (Å²) in [6.45, 7) is 3.23. The predicted octanol–water partition coefficient (Wildman–Crippen LogP) is 3.90. The number of rotatable bonds is 2. The van der Waals surface area contributed by atoms with Gasteiger partial charge in [0.25, 0.3) is 5.91 Å². The zero-order chi connectivity index (χ0) is 13.3. The lowest BCUT2D eigenvalue weighted by atomic mass is 10.1. The Morgan fingerprint density at radius 3 is 2.89 bits per heavy atom. The summed E-state index contributed by atoms with van der Waals surface area (Å²) >= 11 is 11.8. The number of nitrogens with zero attached hydrogens (tertiary/aromatic N) is 1. The number of amides is 1. The number of alkyl halides is 1. The van der Waals surface area contributed by atoms with Crippen molar-refractivity contribution < 1.29 is 9.53 Å². The van der Waals surface area contributed by atoms with E-state index in [0.717, 1.165) is 12.9 Å². The summed E-state index contributed by atoms with van der Waals surface area (Å²) in [6, 6.07) is 1.97. The first-order valence-corrected chi connectivity index (χ1v) is 8.98. The minimum absolute atomic E-state index is 0.0607. The van der Waals surface area contributed by atoms with E-state index in [2.05, 4.69) is 47.8 Å². The minimum atomic E-state index is 0.0607. The molecular formula is C11H12Br3NO2S. The number of halogens is 3. The molecule has 1 aliphatic heterocycles. The lowest BCUT2D eigenvalue weighted by Gasteiger charge is -2.37. The molecule has 1 fully saturated rings. The van der Waals surface area contributed by atoms with E-state index in [-0.39, 0.29) is 18.1 Å². The van der Waals surface area contributed by atoms with Crippen LogP contribution in [0.25, 0.3) is 0 Å². The van der Waals surface area contributed by atoms with E-state index in [0.29, 0.717) is 18.7 Å². The monoisotopic (exact) mass is 459 g/mol. The van der Waals surface area contributed by atoms with Gasteiger partial charge in [0, 0.05) is 11.9 Å². The van der Waals surface area contributed by atoms with Gasteiger partial charge in [0.1, 0.15) is 0 Å². The molecule has 1 aromatic rings. The maximum Gasteiger partial charge on any atom is 0.256 e. The van der Waals surface area contributed by atoms with Gasteiger partial charge in [0.2, 0.25) is 0 Å². The molecule has 18 heavy (non-hydrogen) atoms. The van der Waals surface area contributed by atoms with Crippen LogP contribution in [0, 0.1) is 0 Å². The first-order valence-electron chi connectivity index (χ1n) is 5.46.